The number of likely N-dealkylation sites (tertiary alicyclic amines) is 2. The van der Waals surface area contributed by atoms with Gasteiger partial charge < -0.3 is 20.3 Å². The Balaban J connectivity index is 0.00000115. The highest BCUT2D eigenvalue weighted by Crippen LogP contribution is 2.24. The predicted octanol–water partition coefficient (Wildman–Crippen LogP) is 3.46. The Kier molecular flexibility index (Phi) is 9.69. The Morgan fingerprint density at radius 1 is 1.14 bits per heavy atom. The van der Waals surface area contributed by atoms with Gasteiger partial charge in [-0.25, -0.2) is 8.78 Å². The van der Waals surface area contributed by atoms with Gasteiger partial charge in [0.15, 0.2) is 0 Å². The average Bonchev–Trinajstić information content (AvgIpc) is 3.38. The highest BCUT2D eigenvalue weighted by atomic mass is 19.1. The normalized spacial score (nSPS) is 16.8. The third-order valence-corrected chi connectivity index (χ3v) is 6.30. The Bertz CT molecular complexity index is 1000. The summed E-state index contributed by atoms with van der Waals surface area (Å²) < 4.78 is 34.2. The predicted molar refractivity (Wildman–Crippen MR) is 133 cm³/mol. The minimum Gasteiger partial charge on any atom is -0.476 e. The number of alkyl halides is 1. The molecule has 0 aliphatic carbocycles. The fourth-order valence-corrected chi connectivity index (χ4v) is 4.54. The van der Waals surface area contributed by atoms with Crippen LogP contribution in [0.4, 0.5) is 8.78 Å². The lowest BCUT2D eigenvalue weighted by molar-refractivity contribution is -0.106. The van der Waals surface area contributed by atoms with Gasteiger partial charge in [-0.1, -0.05) is 6.07 Å². The van der Waals surface area contributed by atoms with Crippen LogP contribution in [0, 0.1) is 11.7 Å². The van der Waals surface area contributed by atoms with Gasteiger partial charge in [0.05, 0.1) is 17.9 Å². The number of primary amides is 1. The molecule has 0 radical (unpaired) electrons. The van der Waals surface area contributed by atoms with E-state index in [0.717, 1.165) is 38.8 Å². The lowest BCUT2D eigenvalue weighted by Crippen LogP contribution is -2.41. The third-order valence-electron chi connectivity index (χ3n) is 6.30. The van der Waals surface area contributed by atoms with Crippen molar-refractivity contribution in [3.8, 4) is 17.1 Å². The molecular weight excluding hydrogens is 468 g/mol. The van der Waals surface area contributed by atoms with Gasteiger partial charge >= 0.3 is 0 Å². The summed E-state index contributed by atoms with van der Waals surface area (Å²) in [6, 6.07) is 8.02. The molecule has 0 unspecified atom stereocenters. The second-order valence-corrected chi connectivity index (χ2v) is 9.84. The minimum atomic E-state index is -1.17. The monoisotopic (exact) mass is 503 g/mol. The van der Waals surface area contributed by atoms with E-state index in [1.807, 2.05) is 0 Å². The van der Waals surface area contributed by atoms with Crippen LogP contribution in [0.15, 0.2) is 30.3 Å². The van der Waals surface area contributed by atoms with Crippen molar-refractivity contribution in [3.63, 3.8) is 0 Å². The fraction of sp³-hybridized carbons (Fsp3) is 0.538. The van der Waals surface area contributed by atoms with Crippen LogP contribution in [0.5, 0.6) is 5.88 Å². The van der Waals surface area contributed by atoms with E-state index in [1.165, 1.54) is 12.1 Å². The topological polar surface area (TPSA) is 102 Å². The molecule has 196 valence electrons. The number of amides is 2. The lowest BCUT2D eigenvalue weighted by atomic mass is 9.97. The number of ether oxygens (including phenoxy) is 1. The number of hydrogen-bond acceptors (Lipinski definition) is 6. The smallest absolute Gasteiger partial charge is 0.256 e. The van der Waals surface area contributed by atoms with Crippen LogP contribution in [0.3, 0.4) is 0 Å². The van der Waals surface area contributed by atoms with Gasteiger partial charge in [-0.05, 0) is 76.7 Å². The Morgan fingerprint density at radius 2 is 1.81 bits per heavy atom. The Morgan fingerprint density at radius 3 is 2.36 bits per heavy atom. The van der Waals surface area contributed by atoms with Gasteiger partial charge in [0.1, 0.15) is 11.5 Å². The van der Waals surface area contributed by atoms with Crippen LogP contribution in [0.1, 0.15) is 49.9 Å². The largest absolute Gasteiger partial charge is 0.476 e. The number of piperidine rings is 1. The molecule has 0 saturated carbocycles. The first-order valence-electron chi connectivity index (χ1n) is 12.3. The zero-order valence-corrected chi connectivity index (χ0v) is 21.0. The molecule has 2 amide bonds. The first kappa shape index (κ1) is 27.4. The van der Waals surface area contributed by atoms with E-state index in [2.05, 4.69) is 20.8 Å². The number of rotatable bonds is 7. The summed E-state index contributed by atoms with van der Waals surface area (Å²) in [6.07, 6.45) is 4.10. The number of benzene rings is 1. The molecule has 10 heteroatoms. The fourth-order valence-electron chi connectivity index (χ4n) is 4.54. The molecule has 3 heterocycles. The molecule has 0 bridgehead atoms. The van der Waals surface area contributed by atoms with Crippen molar-refractivity contribution in [1.29, 1.82) is 0 Å². The highest BCUT2D eigenvalue weighted by Gasteiger charge is 2.26. The second-order valence-electron chi connectivity index (χ2n) is 9.84. The summed E-state index contributed by atoms with van der Waals surface area (Å²) >= 11 is 0. The average molecular weight is 504 g/mol. The summed E-state index contributed by atoms with van der Waals surface area (Å²) in [5.74, 6) is 0.0206. The van der Waals surface area contributed by atoms with Crippen LogP contribution in [-0.4, -0.2) is 77.3 Å². The maximum atomic E-state index is 14.6. The van der Waals surface area contributed by atoms with Gasteiger partial charge in [-0.3, -0.25) is 9.59 Å². The quantitative estimate of drug-likeness (QED) is 0.581. The van der Waals surface area contributed by atoms with Gasteiger partial charge in [0.2, 0.25) is 12.3 Å². The maximum absolute atomic E-state index is 14.6. The Hall–Kier alpha value is -3.14. The van der Waals surface area contributed by atoms with Crippen molar-refractivity contribution in [2.75, 3.05) is 39.3 Å². The molecule has 0 atom stereocenters. The highest BCUT2D eigenvalue weighted by molar-refractivity contribution is 5.95. The zero-order chi connectivity index (χ0) is 26.1. The van der Waals surface area contributed by atoms with E-state index in [9.17, 15) is 13.6 Å². The zero-order valence-electron chi connectivity index (χ0n) is 21.0. The van der Waals surface area contributed by atoms with Gasteiger partial charge in [-0.15, -0.1) is 10.2 Å². The van der Waals surface area contributed by atoms with Crippen LogP contribution in [-0.2, 0) is 4.79 Å². The number of nitrogens with two attached hydrogens (primary N) is 1. The summed E-state index contributed by atoms with van der Waals surface area (Å²) in [7, 11) is 0. The van der Waals surface area contributed by atoms with Gasteiger partial charge in [-0.2, -0.15) is 0 Å². The molecule has 0 spiro atoms. The Labute approximate surface area is 210 Å². The van der Waals surface area contributed by atoms with E-state index in [4.69, 9.17) is 9.53 Å². The molecule has 1 aromatic heterocycles. The van der Waals surface area contributed by atoms with E-state index in [-0.39, 0.29) is 17.9 Å². The molecule has 2 fully saturated rings. The lowest BCUT2D eigenvalue weighted by Gasteiger charge is -2.34. The van der Waals surface area contributed by atoms with Crippen molar-refractivity contribution in [3.05, 3.63) is 41.7 Å². The summed E-state index contributed by atoms with van der Waals surface area (Å²) in [4.78, 5) is 24.9. The van der Waals surface area contributed by atoms with Crippen molar-refractivity contribution < 1.29 is 23.1 Å². The maximum Gasteiger partial charge on any atom is 0.256 e. The van der Waals surface area contributed by atoms with E-state index < -0.39 is 11.5 Å². The van der Waals surface area contributed by atoms with Crippen molar-refractivity contribution in [1.82, 2.24) is 20.0 Å². The second kappa shape index (κ2) is 12.7. The van der Waals surface area contributed by atoms with Crippen LogP contribution < -0.4 is 10.5 Å². The van der Waals surface area contributed by atoms with E-state index in [1.54, 1.807) is 36.9 Å². The van der Waals surface area contributed by atoms with Gasteiger partial charge in [0.25, 0.3) is 5.91 Å². The molecule has 2 saturated heterocycles. The molecule has 1 aromatic carbocycles. The number of aromatic nitrogens is 2. The van der Waals surface area contributed by atoms with Crippen molar-refractivity contribution in [2.45, 2.75) is 45.2 Å². The van der Waals surface area contributed by atoms with Crippen LogP contribution >= 0.6 is 0 Å². The standard InChI is InChI=1S/C25H32F2N4O2.CH3NO/c1-25(2,27)17-30-13-9-18(10-14-30)16-33-23-8-7-22(28-29-23)19-5-6-20(21(26)15-19)24(32)31-11-3-4-12-31;2-1-3/h5-8,15,18H,3-4,9-14,16-17H2,1-2H3;1H,(H2,2,3). The SMILES string of the molecule is CC(C)(F)CN1CCC(COc2ccc(-c3ccc(C(=O)N4CCCC4)c(F)c3)nn2)CC1.NC=O. The molecule has 4 rings (SSSR count). The van der Waals surface area contributed by atoms with Crippen LogP contribution in [0.25, 0.3) is 11.3 Å². The van der Waals surface area contributed by atoms with Crippen LogP contribution in [0.2, 0.25) is 0 Å². The first-order valence-corrected chi connectivity index (χ1v) is 12.3. The molecule has 2 N–H and O–H groups in total. The minimum absolute atomic E-state index is 0.0923. The van der Waals surface area contributed by atoms with Crippen molar-refractivity contribution >= 4 is 12.3 Å². The summed E-state index contributed by atoms with van der Waals surface area (Å²) in [6.45, 7) is 7.33. The van der Waals surface area contributed by atoms with E-state index >= 15 is 0 Å². The number of halogens is 2. The number of carbonyl (C=O) groups excluding carboxylic acids is 2. The molecule has 2 aliphatic heterocycles. The number of hydrogen-bond donors (Lipinski definition) is 1. The summed E-state index contributed by atoms with van der Waals surface area (Å²) in [5, 5.41) is 8.29. The molecule has 2 aromatic rings. The third kappa shape index (κ3) is 7.94. The van der Waals surface area contributed by atoms with Crippen molar-refractivity contribution in [2.24, 2.45) is 11.7 Å². The number of carbonyl (C=O) groups is 2. The number of nitrogens with zero attached hydrogens (tertiary/aromatic N) is 4. The van der Waals surface area contributed by atoms with E-state index in [0.29, 0.717) is 49.3 Å². The molecule has 8 nitrogen and oxygen atoms in total. The van der Waals surface area contributed by atoms with Gasteiger partial charge in [0, 0.05) is 31.3 Å². The first-order chi connectivity index (χ1) is 17.2. The molecule has 36 heavy (non-hydrogen) atoms. The molecular formula is C26H35F2N5O3. The molecule has 2 aliphatic rings. The summed E-state index contributed by atoms with van der Waals surface area (Å²) in [5.41, 5.74) is 4.17.